The van der Waals surface area contributed by atoms with Crippen LogP contribution in [-0.2, 0) is 4.79 Å². The number of nitrogens with two attached hydrogens (primary N) is 1. The normalized spacial score (nSPS) is 23.0. The Morgan fingerprint density at radius 3 is 3.06 bits per heavy atom. The van der Waals surface area contributed by atoms with E-state index in [0.717, 1.165) is 0 Å². The summed E-state index contributed by atoms with van der Waals surface area (Å²) >= 11 is 1.35. The van der Waals surface area contributed by atoms with Gasteiger partial charge in [-0.1, -0.05) is 12.2 Å². The molecule has 16 heavy (non-hydrogen) atoms. The minimum absolute atomic E-state index is 0.0328. The van der Waals surface area contributed by atoms with E-state index in [1.807, 2.05) is 18.2 Å². The van der Waals surface area contributed by atoms with Gasteiger partial charge in [0.05, 0.1) is 11.5 Å². The van der Waals surface area contributed by atoms with Gasteiger partial charge in [-0.3, -0.25) is 4.79 Å². The van der Waals surface area contributed by atoms with Crippen molar-refractivity contribution >= 4 is 22.2 Å². The quantitative estimate of drug-likeness (QED) is 0.759. The van der Waals surface area contributed by atoms with Crippen molar-refractivity contribution in [1.82, 2.24) is 0 Å². The third-order valence-electron chi connectivity index (χ3n) is 2.48. The first kappa shape index (κ1) is 10.9. The smallest absolute Gasteiger partial charge is 0.232 e. The van der Waals surface area contributed by atoms with Gasteiger partial charge in [0.15, 0.2) is 0 Å². The van der Waals surface area contributed by atoms with E-state index < -0.39 is 0 Å². The monoisotopic (exact) mass is 233 g/mol. The average molecular weight is 233 g/mol. The molecule has 82 valence electrons. The zero-order valence-corrected chi connectivity index (χ0v) is 9.33. The summed E-state index contributed by atoms with van der Waals surface area (Å²) in [6, 6.07) is 3.69. The first-order valence-electron chi connectivity index (χ1n) is 4.93. The minimum Gasteiger partial charge on any atom is -0.324 e. The Labute approximate surface area is 97.4 Å². The highest BCUT2D eigenvalue weighted by atomic mass is 32.1. The Kier molecular flexibility index (Phi) is 3.04. The minimum atomic E-state index is -0.177. The maximum atomic E-state index is 11.8. The second-order valence-electron chi connectivity index (χ2n) is 3.66. The fraction of sp³-hybridized carbons (Fsp3) is 0.273. The second kappa shape index (κ2) is 4.47. The largest absolute Gasteiger partial charge is 0.324 e. The van der Waals surface area contributed by atoms with E-state index in [1.54, 1.807) is 11.4 Å². The number of hydrogen-bond acceptors (Lipinski definition) is 4. The number of anilines is 1. The van der Waals surface area contributed by atoms with Crippen molar-refractivity contribution in [3.8, 4) is 6.07 Å². The molecule has 0 fully saturated rings. The molecule has 0 saturated carbocycles. The SMILES string of the molecule is N#Cc1ccsc1NC(=O)C1C=CC(N)C1. The van der Waals surface area contributed by atoms with Crippen molar-refractivity contribution < 1.29 is 4.79 Å². The third kappa shape index (κ3) is 2.13. The molecule has 0 radical (unpaired) electrons. The van der Waals surface area contributed by atoms with E-state index in [2.05, 4.69) is 5.32 Å². The third-order valence-corrected chi connectivity index (χ3v) is 3.31. The molecule has 1 aliphatic rings. The van der Waals surface area contributed by atoms with E-state index in [9.17, 15) is 4.79 Å². The molecular formula is C11H11N3OS. The summed E-state index contributed by atoms with van der Waals surface area (Å²) in [5, 5.41) is 13.9. The number of nitriles is 1. The van der Waals surface area contributed by atoms with Crippen LogP contribution in [0.3, 0.4) is 0 Å². The van der Waals surface area contributed by atoms with Crippen LogP contribution in [0.15, 0.2) is 23.6 Å². The lowest BCUT2D eigenvalue weighted by atomic mass is 10.1. The van der Waals surface area contributed by atoms with Gasteiger partial charge < -0.3 is 11.1 Å². The Balaban J connectivity index is 2.03. The predicted octanol–water partition coefficient (Wildman–Crippen LogP) is 1.46. The number of thiophene rings is 1. The van der Waals surface area contributed by atoms with Gasteiger partial charge in [0.2, 0.25) is 5.91 Å². The molecule has 1 aromatic rings. The van der Waals surface area contributed by atoms with Crippen LogP contribution in [0, 0.1) is 17.2 Å². The Hall–Kier alpha value is -1.64. The first-order valence-corrected chi connectivity index (χ1v) is 5.81. The topological polar surface area (TPSA) is 78.9 Å². The summed E-state index contributed by atoms with van der Waals surface area (Å²) in [5.74, 6) is -0.271. The van der Waals surface area contributed by atoms with Crippen LogP contribution in [0.4, 0.5) is 5.00 Å². The molecule has 0 spiro atoms. The van der Waals surface area contributed by atoms with Crippen molar-refractivity contribution in [2.45, 2.75) is 12.5 Å². The van der Waals surface area contributed by atoms with Gasteiger partial charge in [-0.15, -0.1) is 11.3 Å². The second-order valence-corrected chi connectivity index (χ2v) is 4.57. The molecule has 0 aliphatic heterocycles. The molecular weight excluding hydrogens is 222 g/mol. The van der Waals surface area contributed by atoms with Crippen molar-refractivity contribution in [2.24, 2.45) is 11.7 Å². The standard InChI is InChI=1S/C11H11N3OS/c12-6-8-3-4-16-11(8)14-10(15)7-1-2-9(13)5-7/h1-4,7,9H,5,13H2,(H,14,15). The molecule has 1 heterocycles. The zero-order valence-electron chi connectivity index (χ0n) is 8.51. The molecule has 3 N–H and O–H groups in total. The van der Waals surface area contributed by atoms with Gasteiger partial charge >= 0.3 is 0 Å². The molecule has 1 amide bonds. The number of hydrogen-bond donors (Lipinski definition) is 2. The molecule has 2 rings (SSSR count). The maximum Gasteiger partial charge on any atom is 0.232 e. The molecule has 2 atom stereocenters. The predicted molar refractivity (Wildman–Crippen MR) is 62.9 cm³/mol. The van der Waals surface area contributed by atoms with Crippen molar-refractivity contribution in [3.63, 3.8) is 0 Å². The fourth-order valence-electron chi connectivity index (χ4n) is 1.62. The highest BCUT2D eigenvalue weighted by Gasteiger charge is 2.23. The Morgan fingerprint density at radius 1 is 1.62 bits per heavy atom. The van der Waals surface area contributed by atoms with Gasteiger partial charge in [-0.2, -0.15) is 5.26 Å². The lowest BCUT2D eigenvalue weighted by Crippen LogP contribution is -2.23. The number of nitrogens with zero attached hydrogens (tertiary/aromatic N) is 1. The van der Waals surface area contributed by atoms with E-state index in [0.29, 0.717) is 17.0 Å². The highest BCUT2D eigenvalue weighted by molar-refractivity contribution is 7.14. The van der Waals surface area contributed by atoms with Crippen molar-refractivity contribution in [3.05, 3.63) is 29.2 Å². The summed E-state index contributed by atoms with van der Waals surface area (Å²) in [6.45, 7) is 0. The molecule has 1 aromatic heterocycles. The van der Waals surface area contributed by atoms with Crippen LogP contribution in [0.1, 0.15) is 12.0 Å². The molecule has 2 unspecified atom stereocenters. The summed E-state index contributed by atoms with van der Waals surface area (Å²) in [7, 11) is 0. The van der Waals surface area contributed by atoms with Gasteiger partial charge in [-0.25, -0.2) is 0 Å². The lowest BCUT2D eigenvalue weighted by molar-refractivity contribution is -0.118. The Bertz CT molecular complexity index is 472. The van der Waals surface area contributed by atoms with Crippen LogP contribution in [0.25, 0.3) is 0 Å². The van der Waals surface area contributed by atoms with Crippen LogP contribution >= 0.6 is 11.3 Å². The number of carbonyl (C=O) groups is 1. The van der Waals surface area contributed by atoms with E-state index in [4.69, 9.17) is 11.0 Å². The number of carbonyl (C=O) groups excluding carboxylic acids is 1. The number of amides is 1. The van der Waals surface area contributed by atoms with Crippen molar-refractivity contribution in [2.75, 3.05) is 5.32 Å². The van der Waals surface area contributed by atoms with Gasteiger partial charge in [0.25, 0.3) is 0 Å². The Morgan fingerprint density at radius 2 is 2.44 bits per heavy atom. The summed E-state index contributed by atoms with van der Waals surface area (Å²) in [4.78, 5) is 11.8. The number of rotatable bonds is 2. The molecule has 0 saturated heterocycles. The van der Waals surface area contributed by atoms with Crippen LogP contribution < -0.4 is 11.1 Å². The van der Waals surface area contributed by atoms with Crippen molar-refractivity contribution in [1.29, 1.82) is 5.26 Å². The highest BCUT2D eigenvalue weighted by Crippen LogP contribution is 2.24. The summed E-state index contributed by atoms with van der Waals surface area (Å²) in [5.41, 5.74) is 6.18. The fourth-order valence-corrected chi connectivity index (χ4v) is 2.36. The van der Waals surface area contributed by atoms with Gasteiger partial charge in [-0.05, 0) is 17.9 Å². The molecule has 1 aliphatic carbocycles. The zero-order chi connectivity index (χ0) is 11.5. The van der Waals surface area contributed by atoms with E-state index >= 15 is 0 Å². The van der Waals surface area contributed by atoms with Crippen LogP contribution in [0.2, 0.25) is 0 Å². The van der Waals surface area contributed by atoms with Crippen LogP contribution in [-0.4, -0.2) is 11.9 Å². The summed E-state index contributed by atoms with van der Waals surface area (Å²) in [6.07, 6.45) is 4.29. The van der Waals surface area contributed by atoms with Crippen LogP contribution in [0.5, 0.6) is 0 Å². The molecule has 0 bridgehead atoms. The summed E-state index contributed by atoms with van der Waals surface area (Å²) < 4.78 is 0. The molecule has 0 aromatic carbocycles. The van der Waals surface area contributed by atoms with E-state index in [-0.39, 0.29) is 17.9 Å². The van der Waals surface area contributed by atoms with E-state index in [1.165, 1.54) is 11.3 Å². The van der Waals surface area contributed by atoms with Gasteiger partial charge in [0, 0.05) is 6.04 Å². The molecule has 5 heteroatoms. The molecule has 4 nitrogen and oxygen atoms in total. The maximum absolute atomic E-state index is 11.8. The average Bonchev–Trinajstić information content (AvgIpc) is 2.86. The van der Waals surface area contributed by atoms with Gasteiger partial charge in [0.1, 0.15) is 11.1 Å². The number of nitrogens with one attached hydrogen (secondary N) is 1. The lowest BCUT2D eigenvalue weighted by Gasteiger charge is -2.09. The first-order chi connectivity index (χ1) is 7.70.